The van der Waals surface area contributed by atoms with Crippen LogP contribution in [0.15, 0.2) is 17.1 Å². The molecule has 4 rings (SSSR count). The molecule has 2 aliphatic rings. The molecule has 1 aromatic carbocycles. The number of ether oxygens (including phenoxy) is 1. The molecule has 3 heterocycles. The van der Waals surface area contributed by atoms with Gasteiger partial charge in [-0.25, -0.2) is 9.18 Å². The highest BCUT2D eigenvalue weighted by atomic mass is 35.5. The monoisotopic (exact) mass is 400 g/mol. The molecule has 1 aromatic heterocycles. The van der Waals surface area contributed by atoms with Gasteiger partial charge in [-0.3, -0.25) is 4.79 Å². The molecule has 1 N–H and O–H groups in total. The molecule has 1 unspecified atom stereocenters. The average molecular weight is 401 g/mol. The van der Waals surface area contributed by atoms with Crippen molar-refractivity contribution in [3.8, 4) is 5.75 Å². The van der Waals surface area contributed by atoms with E-state index in [1.807, 2.05) is 6.92 Å². The van der Waals surface area contributed by atoms with E-state index in [0.29, 0.717) is 5.52 Å². The Bertz CT molecular complexity index is 1070. The minimum Gasteiger partial charge on any atom is -0.487 e. The Hall–Kier alpha value is -2.32. The van der Waals surface area contributed by atoms with E-state index >= 15 is 4.39 Å². The number of nitrogens with zero attached hydrogens (tertiary/aromatic N) is 3. The van der Waals surface area contributed by atoms with E-state index in [1.54, 1.807) is 9.47 Å². The highest BCUT2D eigenvalue weighted by Crippen LogP contribution is 2.42. The van der Waals surface area contributed by atoms with Gasteiger partial charge in [-0.2, -0.15) is 0 Å². The maximum absolute atomic E-state index is 15.1. The summed E-state index contributed by atoms with van der Waals surface area (Å²) in [5.74, 6) is -1.88. The molecular weight excluding hydrogens is 377 g/mol. The number of anilines is 1. The van der Waals surface area contributed by atoms with Crippen molar-refractivity contribution in [2.24, 2.45) is 0 Å². The van der Waals surface area contributed by atoms with Gasteiger partial charge in [0.15, 0.2) is 11.6 Å². The Balaban J connectivity index is 0.00000256. The number of likely N-dealkylation sites (N-methyl/N-ethyl adjacent to an activating group) is 1. The minimum absolute atomic E-state index is 0. The summed E-state index contributed by atoms with van der Waals surface area (Å²) in [6.07, 6.45) is 1.28. The minimum atomic E-state index is -2.21. The van der Waals surface area contributed by atoms with E-state index in [2.05, 4.69) is 0 Å². The number of benzene rings is 1. The quantitative estimate of drug-likeness (QED) is 0.830. The lowest BCUT2D eigenvalue weighted by Crippen LogP contribution is -2.45. The fourth-order valence-corrected chi connectivity index (χ4v) is 3.59. The van der Waals surface area contributed by atoms with E-state index in [0.717, 1.165) is 6.07 Å². The summed E-state index contributed by atoms with van der Waals surface area (Å²) in [6.45, 7) is 0.825. The van der Waals surface area contributed by atoms with Gasteiger partial charge in [0.25, 0.3) is 0 Å². The standard InChI is InChI=1S/C18H20FN3O4.ClH/c1-10-9-26-17-14-11(16(23)12(18(24)25)8-22(10)14)7-13(19)15(17)21-5-3-20(2)4-6-21;/h7-8,10H,3-6,9H2,1-2H3,(H,24,25);1H/i2D3;. The van der Waals surface area contributed by atoms with Crippen molar-refractivity contribution in [3.05, 3.63) is 33.9 Å². The molecule has 7 nitrogen and oxygen atoms in total. The number of hydrogen-bond acceptors (Lipinski definition) is 5. The van der Waals surface area contributed by atoms with E-state index < -0.39 is 29.8 Å². The molecule has 1 atom stereocenters. The fourth-order valence-electron chi connectivity index (χ4n) is 3.59. The summed E-state index contributed by atoms with van der Waals surface area (Å²) >= 11 is 0. The number of hydrogen-bond donors (Lipinski definition) is 1. The van der Waals surface area contributed by atoms with Crippen LogP contribution in [0.4, 0.5) is 10.1 Å². The average Bonchev–Trinajstić information content (AvgIpc) is 2.65. The smallest absolute Gasteiger partial charge is 0.341 e. The molecule has 0 saturated carbocycles. The third-order valence-corrected chi connectivity index (χ3v) is 4.97. The van der Waals surface area contributed by atoms with Crippen LogP contribution in [-0.4, -0.2) is 60.3 Å². The van der Waals surface area contributed by atoms with Crippen molar-refractivity contribution in [1.82, 2.24) is 9.47 Å². The second kappa shape index (κ2) is 7.01. The van der Waals surface area contributed by atoms with E-state index in [1.165, 1.54) is 11.1 Å². The van der Waals surface area contributed by atoms with Crippen molar-refractivity contribution in [2.45, 2.75) is 13.0 Å². The molecule has 0 amide bonds. The van der Waals surface area contributed by atoms with Crippen LogP contribution in [0.3, 0.4) is 0 Å². The third kappa shape index (κ3) is 3.02. The number of carboxylic acid groups (broad SMARTS) is 1. The summed E-state index contributed by atoms with van der Waals surface area (Å²) in [4.78, 5) is 27.1. The molecule has 0 spiro atoms. The highest BCUT2D eigenvalue weighted by molar-refractivity contribution is 5.97. The summed E-state index contributed by atoms with van der Waals surface area (Å²) < 4.78 is 45.1. The molecular formula is C18H21ClFN3O4. The van der Waals surface area contributed by atoms with Crippen LogP contribution >= 0.6 is 12.4 Å². The Labute approximate surface area is 165 Å². The van der Waals surface area contributed by atoms with Crippen LogP contribution in [-0.2, 0) is 0 Å². The zero-order valence-electron chi connectivity index (χ0n) is 17.6. The lowest BCUT2D eigenvalue weighted by Gasteiger charge is -2.37. The van der Waals surface area contributed by atoms with Crippen molar-refractivity contribution in [2.75, 3.05) is 44.7 Å². The van der Waals surface area contributed by atoms with Crippen LogP contribution < -0.4 is 15.1 Å². The zero-order valence-corrected chi connectivity index (χ0v) is 15.4. The molecule has 0 bridgehead atoms. The fraction of sp³-hybridized carbons (Fsp3) is 0.444. The molecule has 2 aromatic rings. The van der Waals surface area contributed by atoms with Crippen LogP contribution in [0.2, 0.25) is 0 Å². The molecule has 1 fully saturated rings. The first-order valence-electron chi connectivity index (χ1n) is 9.87. The number of halogens is 2. The molecule has 146 valence electrons. The van der Waals surface area contributed by atoms with Crippen LogP contribution in [0.25, 0.3) is 10.9 Å². The second-order valence-electron chi connectivity index (χ2n) is 6.65. The Morgan fingerprint density at radius 3 is 2.70 bits per heavy atom. The summed E-state index contributed by atoms with van der Waals surface area (Å²) in [7, 11) is 0. The Morgan fingerprint density at radius 1 is 1.37 bits per heavy atom. The van der Waals surface area contributed by atoms with Gasteiger partial charge < -0.3 is 24.2 Å². The number of aromatic nitrogens is 1. The molecule has 0 radical (unpaired) electrons. The Kier molecular flexibility index (Phi) is 4.08. The molecule has 9 heteroatoms. The zero-order chi connectivity index (χ0) is 21.1. The van der Waals surface area contributed by atoms with Gasteiger partial charge in [0, 0.05) is 36.5 Å². The molecule has 27 heavy (non-hydrogen) atoms. The molecule has 1 saturated heterocycles. The predicted octanol–water partition coefficient (Wildman–Crippen LogP) is 1.97. The maximum atomic E-state index is 15.1. The van der Waals surface area contributed by atoms with Crippen LogP contribution in [0, 0.1) is 5.82 Å². The second-order valence-corrected chi connectivity index (χ2v) is 6.65. The highest BCUT2D eigenvalue weighted by Gasteiger charge is 2.30. The largest absolute Gasteiger partial charge is 0.487 e. The number of carboxylic acids is 1. The number of carbonyl (C=O) groups is 1. The lowest BCUT2D eigenvalue weighted by atomic mass is 10.1. The van der Waals surface area contributed by atoms with Crippen molar-refractivity contribution >= 4 is 35.0 Å². The van der Waals surface area contributed by atoms with E-state index in [-0.39, 0.29) is 68.1 Å². The van der Waals surface area contributed by atoms with E-state index in [9.17, 15) is 14.7 Å². The van der Waals surface area contributed by atoms with Crippen molar-refractivity contribution < 1.29 is 23.1 Å². The van der Waals surface area contributed by atoms with Gasteiger partial charge in [0.2, 0.25) is 5.43 Å². The third-order valence-electron chi connectivity index (χ3n) is 4.97. The Morgan fingerprint density at radius 2 is 2.07 bits per heavy atom. The normalized spacial score (nSPS) is 21.6. The van der Waals surface area contributed by atoms with Gasteiger partial charge in [-0.1, -0.05) is 0 Å². The summed E-state index contributed by atoms with van der Waals surface area (Å²) in [5.41, 5.74) is -0.657. The van der Waals surface area contributed by atoms with Gasteiger partial charge in [0.05, 0.1) is 16.9 Å². The first kappa shape index (κ1) is 15.7. The van der Waals surface area contributed by atoms with Gasteiger partial charge in [-0.05, 0) is 20.0 Å². The molecule has 2 aliphatic heterocycles. The van der Waals surface area contributed by atoms with Crippen molar-refractivity contribution in [1.29, 1.82) is 0 Å². The summed E-state index contributed by atoms with van der Waals surface area (Å²) in [6, 6.07) is 0.811. The molecule has 0 aliphatic carbocycles. The van der Waals surface area contributed by atoms with Gasteiger partial charge in [-0.15, -0.1) is 12.4 Å². The van der Waals surface area contributed by atoms with Crippen LogP contribution in [0.5, 0.6) is 5.75 Å². The van der Waals surface area contributed by atoms with Crippen molar-refractivity contribution in [3.63, 3.8) is 0 Å². The predicted molar refractivity (Wildman–Crippen MR) is 102 cm³/mol. The lowest BCUT2D eigenvalue weighted by molar-refractivity contribution is 0.0694. The van der Waals surface area contributed by atoms with Gasteiger partial charge >= 0.3 is 5.97 Å². The summed E-state index contributed by atoms with van der Waals surface area (Å²) in [5, 5.41) is 9.29. The maximum Gasteiger partial charge on any atom is 0.341 e. The number of pyridine rings is 1. The van der Waals surface area contributed by atoms with Gasteiger partial charge in [0.1, 0.15) is 17.9 Å². The first-order valence-corrected chi connectivity index (χ1v) is 8.37. The number of rotatable bonds is 2. The number of aromatic carboxylic acids is 1. The number of piperazine rings is 1. The first-order chi connectivity index (χ1) is 13.6. The van der Waals surface area contributed by atoms with Crippen LogP contribution in [0.1, 0.15) is 27.4 Å². The SMILES string of the molecule is Cl.[2H]C([2H])([2H])N1CCN(c2c(F)cc3c(=O)c(C(=O)O)cn4c3c2OCC4C)CC1. The van der Waals surface area contributed by atoms with E-state index in [4.69, 9.17) is 8.85 Å². The topological polar surface area (TPSA) is 75.0 Å².